The predicted octanol–water partition coefficient (Wildman–Crippen LogP) is -0.700. The van der Waals surface area contributed by atoms with Crippen LogP contribution in [0.25, 0.3) is 0 Å². The van der Waals surface area contributed by atoms with Crippen molar-refractivity contribution >= 4 is 25.8 Å². The van der Waals surface area contributed by atoms with E-state index in [-0.39, 0.29) is 18.7 Å². The summed E-state index contributed by atoms with van der Waals surface area (Å²) in [6.07, 6.45) is 0.524. The van der Waals surface area contributed by atoms with Crippen LogP contribution in [0.4, 0.5) is 0 Å². The van der Waals surface area contributed by atoms with Gasteiger partial charge in [-0.05, 0) is 12.8 Å². The number of carbonyl (C=O) groups is 1. The van der Waals surface area contributed by atoms with Gasteiger partial charge < -0.3 is 5.11 Å². The van der Waals surface area contributed by atoms with E-state index in [1.165, 1.54) is 0 Å². The van der Waals surface area contributed by atoms with Gasteiger partial charge in [0.1, 0.15) is 6.54 Å². The number of hydrogen-bond donors (Lipinski definition) is 1. The Kier molecular flexibility index (Phi) is 4.73. The van der Waals surface area contributed by atoms with Gasteiger partial charge in [-0.1, -0.05) is 6.92 Å². The van der Waals surface area contributed by atoms with Crippen LogP contribution in [0.15, 0.2) is 0 Å². The van der Waals surface area contributed by atoms with Crippen molar-refractivity contribution in [2.24, 2.45) is 0 Å². The molecule has 1 heterocycles. The summed E-state index contributed by atoms with van der Waals surface area (Å²) in [5.41, 5.74) is 0. The second-order valence-electron chi connectivity index (χ2n) is 4.30. The first-order chi connectivity index (χ1) is 8.19. The van der Waals surface area contributed by atoms with Crippen LogP contribution in [0, 0.1) is 0 Å². The van der Waals surface area contributed by atoms with Crippen LogP contribution in [-0.4, -0.2) is 62.1 Å². The maximum Gasteiger partial charge on any atom is 0.318 e. The van der Waals surface area contributed by atoms with Gasteiger partial charge in [-0.15, -0.1) is 0 Å². The summed E-state index contributed by atoms with van der Waals surface area (Å²) in [5, 5.41) is 7.69. The summed E-state index contributed by atoms with van der Waals surface area (Å²) < 4.78 is 47.7. The lowest BCUT2D eigenvalue weighted by atomic mass is 10.4. The van der Waals surface area contributed by atoms with Crippen molar-refractivity contribution in [2.45, 2.75) is 25.0 Å². The standard InChI is InChI=1S/C9H17NO6S2/c1-2-4-10(6-9(11)12)18(15,16)8-3-5-17(13,14)7-8/h8H,2-7H2,1H3,(H,11,12). The molecule has 0 saturated carbocycles. The summed E-state index contributed by atoms with van der Waals surface area (Å²) in [6, 6.07) is 0. The number of carboxylic acids is 1. The van der Waals surface area contributed by atoms with Gasteiger partial charge in [0.05, 0.1) is 16.8 Å². The minimum absolute atomic E-state index is 0.0461. The topological polar surface area (TPSA) is 109 Å². The average molecular weight is 299 g/mol. The highest BCUT2D eigenvalue weighted by Crippen LogP contribution is 2.22. The van der Waals surface area contributed by atoms with Gasteiger partial charge in [0.2, 0.25) is 10.0 Å². The van der Waals surface area contributed by atoms with E-state index in [0.717, 1.165) is 4.31 Å². The Hall–Kier alpha value is -0.670. The Balaban J connectivity index is 2.92. The number of carboxylic acid groups (broad SMARTS) is 1. The first kappa shape index (κ1) is 15.4. The van der Waals surface area contributed by atoms with Crippen molar-refractivity contribution in [3.05, 3.63) is 0 Å². The molecule has 0 aliphatic carbocycles. The largest absolute Gasteiger partial charge is 0.480 e. The Bertz CT molecular complexity index is 509. The molecule has 0 amide bonds. The van der Waals surface area contributed by atoms with Crippen LogP contribution in [0.2, 0.25) is 0 Å². The van der Waals surface area contributed by atoms with E-state index in [9.17, 15) is 21.6 Å². The molecule has 1 saturated heterocycles. The first-order valence-electron chi connectivity index (χ1n) is 5.60. The second kappa shape index (κ2) is 5.54. The Labute approximate surface area is 107 Å². The summed E-state index contributed by atoms with van der Waals surface area (Å²) in [6.45, 7) is 1.20. The van der Waals surface area contributed by atoms with E-state index in [0.29, 0.717) is 6.42 Å². The van der Waals surface area contributed by atoms with Gasteiger partial charge in [0.15, 0.2) is 9.84 Å². The molecule has 1 N–H and O–H groups in total. The van der Waals surface area contributed by atoms with Crippen LogP contribution in [0.3, 0.4) is 0 Å². The van der Waals surface area contributed by atoms with E-state index in [2.05, 4.69) is 0 Å². The molecular formula is C9H17NO6S2. The molecule has 106 valence electrons. The highest BCUT2D eigenvalue weighted by atomic mass is 32.2. The molecule has 18 heavy (non-hydrogen) atoms. The lowest BCUT2D eigenvalue weighted by molar-refractivity contribution is -0.137. The number of rotatable bonds is 6. The van der Waals surface area contributed by atoms with E-state index >= 15 is 0 Å². The van der Waals surface area contributed by atoms with Crippen molar-refractivity contribution in [1.82, 2.24) is 4.31 Å². The summed E-state index contributed by atoms with van der Waals surface area (Å²) in [4.78, 5) is 10.6. The molecule has 1 fully saturated rings. The van der Waals surface area contributed by atoms with Crippen LogP contribution < -0.4 is 0 Å². The van der Waals surface area contributed by atoms with Crippen LogP contribution >= 0.6 is 0 Å². The fourth-order valence-corrected chi connectivity index (χ4v) is 6.47. The molecule has 1 aliphatic rings. The van der Waals surface area contributed by atoms with Gasteiger partial charge in [0, 0.05) is 6.54 Å². The third kappa shape index (κ3) is 3.66. The van der Waals surface area contributed by atoms with Crippen molar-refractivity contribution in [2.75, 3.05) is 24.6 Å². The quantitative estimate of drug-likeness (QED) is 0.694. The van der Waals surface area contributed by atoms with Crippen LogP contribution in [-0.2, 0) is 24.7 Å². The monoisotopic (exact) mass is 299 g/mol. The molecule has 1 rings (SSSR count). The van der Waals surface area contributed by atoms with Crippen molar-refractivity contribution < 1.29 is 26.7 Å². The van der Waals surface area contributed by atoms with E-state index in [1.807, 2.05) is 0 Å². The molecule has 0 aromatic heterocycles. The Morgan fingerprint density at radius 1 is 1.44 bits per heavy atom. The number of sulfone groups is 1. The van der Waals surface area contributed by atoms with Crippen molar-refractivity contribution in [3.8, 4) is 0 Å². The lowest BCUT2D eigenvalue weighted by Gasteiger charge is -2.22. The van der Waals surface area contributed by atoms with Gasteiger partial charge in [-0.25, -0.2) is 16.8 Å². The predicted molar refractivity (Wildman–Crippen MR) is 65.5 cm³/mol. The van der Waals surface area contributed by atoms with E-state index in [4.69, 9.17) is 5.11 Å². The SMILES string of the molecule is CCCN(CC(=O)O)S(=O)(=O)C1CCS(=O)(=O)C1. The Morgan fingerprint density at radius 3 is 2.44 bits per heavy atom. The van der Waals surface area contributed by atoms with Gasteiger partial charge in [0.25, 0.3) is 0 Å². The molecule has 0 spiro atoms. The highest BCUT2D eigenvalue weighted by Gasteiger charge is 2.40. The first-order valence-corrected chi connectivity index (χ1v) is 8.92. The molecule has 1 atom stereocenters. The lowest BCUT2D eigenvalue weighted by Crippen LogP contribution is -2.42. The summed E-state index contributed by atoms with van der Waals surface area (Å²) >= 11 is 0. The average Bonchev–Trinajstić information content (AvgIpc) is 2.58. The molecular weight excluding hydrogens is 282 g/mol. The fourth-order valence-electron chi connectivity index (χ4n) is 1.90. The molecule has 1 aliphatic heterocycles. The number of sulfonamides is 1. The van der Waals surface area contributed by atoms with Crippen molar-refractivity contribution in [1.29, 1.82) is 0 Å². The fraction of sp³-hybridized carbons (Fsp3) is 0.889. The third-order valence-electron chi connectivity index (χ3n) is 2.76. The van der Waals surface area contributed by atoms with Gasteiger partial charge in [-0.2, -0.15) is 4.31 Å². The second-order valence-corrected chi connectivity index (χ2v) is 8.74. The zero-order valence-corrected chi connectivity index (χ0v) is 11.7. The number of nitrogens with zero attached hydrogens (tertiary/aromatic N) is 1. The molecule has 1 unspecified atom stereocenters. The van der Waals surface area contributed by atoms with Gasteiger partial charge in [-0.3, -0.25) is 4.79 Å². The molecule has 7 nitrogen and oxygen atoms in total. The molecule has 0 radical (unpaired) electrons. The number of aliphatic carboxylic acids is 1. The van der Waals surface area contributed by atoms with Gasteiger partial charge >= 0.3 is 5.97 Å². The molecule has 0 aromatic carbocycles. The molecule has 9 heteroatoms. The maximum atomic E-state index is 12.1. The third-order valence-corrected chi connectivity index (χ3v) is 7.01. The molecule has 0 bridgehead atoms. The zero-order chi connectivity index (χ0) is 14.0. The number of hydrogen-bond acceptors (Lipinski definition) is 5. The molecule has 0 aromatic rings. The zero-order valence-electron chi connectivity index (χ0n) is 10.1. The van der Waals surface area contributed by atoms with Crippen LogP contribution in [0.5, 0.6) is 0 Å². The summed E-state index contributed by atoms with van der Waals surface area (Å²) in [5.74, 6) is -1.80. The maximum absolute atomic E-state index is 12.1. The van der Waals surface area contributed by atoms with E-state index in [1.54, 1.807) is 6.92 Å². The van der Waals surface area contributed by atoms with Crippen molar-refractivity contribution in [3.63, 3.8) is 0 Å². The van der Waals surface area contributed by atoms with E-state index < -0.39 is 43.4 Å². The highest BCUT2D eigenvalue weighted by molar-refractivity contribution is 7.95. The summed E-state index contributed by atoms with van der Waals surface area (Å²) in [7, 11) is -7.16. The van der Waals surface area contributed by atoms with Crippen LogP contribution in [0.1, 0.15) is 19.8 Å². The normalized spacial score (nSPS) is 23.3. The Morgan fingerprint density at radius 2 is 2.06 bits per heavy atom. The minimum atomic E-state index is -3.86. The smallest absolute Gasteiger partial charge is 0.318 e. The minimum Gasteiger partial charge on any atom is -0.480 e.